The fourth-order valence-corrected chi connectivity index (χ4v) is 4.96. The number of anilines is 1. The van der Waals surface area contributed by atoms with Crippen molar-refractivity contribution in [3.63, 3.8) is 0 Å². The Balaban J connectivity index is 1.61. The van der Waals surface area contributed by atoms with Crippen LogP contribution < -0.4 is 4.90 Å². The number of carbonyl (C=O) groups is 2. The van der Waals surface area contributed by atoms with Crippen molar-refractivity contribution in [1.82, 2.24) is 10.0 Å². The third-order valence-electron chi connectivity index (χ3n) is 6.15. The molecular weight excluding hydrogens is 338 g/mol. The third kappa shape index (κ3) is 2.32. The lowest BCUT2D eigenvalue weighted by Gasteiger charge is -2.30. The molecule has 2 aromatic rings. The van der Waals surface area contributed by atoms with Gasteiger partial charge in [0.2, 0.25) is 5.91 Å². The van der Waals surface area contributed by atoms with Gasteiger partial charge in [0, 0.05) is 13.1 Å². The van der Waals surface area contributed by atoms with Gasteiger partial charge in [-0.25, -0.2) is 14.9 Å². The second-order valence-corrected chi connectivity index (χ2v) is 7.81. The summed E-state index contributed by atoms with van der Waals surface area (Å²) in [5, 5.41) is 4.40. The van der Waals surface area contributed by atoms with Gasteiger partial charge in [-0.2, -0.15) is 0 Å². The molecule has 3 aliphatic heterocycles. The number of hydrogen-bond donors (Lipinski definition) is 0. The van der Waals surface area contributed by atoms with Crippen LogP contribution >= 0.6 is 0 Å². The predicted molar refractivity (Wildman–Crippen MR) is 103 cm³/mol. The van der Waals surface area contributed by atoms with Crippen LogP contribution in [0.2, 0.25) is 0 Å². The van der Waals surface area contributed by atoms with Crippen molar-refractivity contribution in [1.29, 1.82) is 0 Å². The standard InChI is InChI=1S/C22H23N3O2/c1-14-9-10-15(2)17(13-14)25-21(26)18-19(16-7-4-3-5-8-16)23-11-6-12-24(23)20(18)22(25)27/h3-5,7-10,13,18-20H,6,11-12H2,1-2H3/t18-,19+,20-/m0/s1. The quantitative estimate of drug-likeness (QED) is 0.772. The molecule has 3 saturated heterocycles. The highest BCUT2D eigenvalue weighted by Crippen LogP contribution is 2.49. The van der Waals surface area contributed by atoms with Crippen molar-refractivity contribution in [3.05, 3.63) is 65.2 Å². The first-order valence-electron chi connectivity index (χ1n) is 9.61. The largest absolute Gasteiger partial charge is 0.274 e. The molecule has 0 N–H and O–H groups in total. The van der Waals surface area contributed by atoms with Crippen molar-refractivity contribution in [3.8, 4) is 0 Å². The number of imide groups is 1. The molecule has 27 heavy (non-hydrogen) atoms. The molecule has 5 rings (SSSR count). The first-order chi connectivity index (χ1) is 13.1. The zero-order valence-electron chi connectivity index (χ0n) is 15.6. The highest BCUT2D eigenvalue weighted by atomic mass is 16.2. The fraction of sp³-hybridized carbons (Fsp3) is 0.364. The Morgan fingerprint density at radius 1 is 0.852 bits per heavy atom. The molecule has 2 amide bonds. The minimum Gasteiger partial charge on any atom is -0.274 e. The van der Waals surface area contributed by atoms with Gasteiger partial charge in [0.15, 0.2) is 0 Å². The summed E-state index contributed by atoms with van der Waals surface area (Å²) in [6.45, 7) is 5.69. The number of carbonyl (C=O) groups excluding carboxylic acids is 2. The van der Waals surface area contributed by atoms with Crippen LogP contribution in [0.15, 0.2) is 48.5 Å². The van der Waals surface area contributed by atoms with Crippen LogP contribution in [0.3, 0.4) is 0 Å². The molecule has 2 aromatic carbocycles. The lowest BCUT2D eigenvalue weighted by molar-refractivity contribution is -0.126. The number of benzene rings is 2. The summed E-state index contributed by atoms with van der Waals surface area (Å²) in [4.78, 5) is 28.4. The lowest BCUT2D eigenvalue weighted by atomic mass is 9.90. The minimum atomic E-state index is -0.384. The van der Waals surface area contributed by atoms with Crippen LogP contribution in [-0.2, 0) is 9.59 Å². The highest BCUT2D eigenvalue weighted by molar-refractivity contribution is 6.24. The SMILES string of the molecule is Cc1ccc(C)c(N2C(=O)[C@@H]3[C@@H](C2=O)N2CCCN2[C@@H]3c2ccccc2)c1. The zero-order chi connectivity index (χ0) is 18.7. The number of aryl methyl sites for hydroxylation is 2. The summed E-state index contributed by atoms with van der Waals surface area (Å²) < 4.78 is 0. The van der Waals surface area contributed by atoms with Gasteiger partial charge in [-0.15, -0.1) is 0 Å². The maximum atomic E-state index is 13.5. The smallest absolute Gasteiger partial charge is 0.253 e. The van der Waals surface area contributed by atoms with Gasteiger partial charge >= 0.3 is 0 Å². The monoisotopic (exact) mass is 361 g/mol. The van der Waals surface area contributed by atoms with E-state index in [4.69, 9.17) is 0 Å². The minimum absolute atomic E-state index is 0.0646. The van der Waals surface area contributed by atoms with Crippen molar-refractivity contribution in [2.45, 2.75) is 32.4 Å². The van der Waals surface area contributed by atoms with E-state index in [1.165, 1.54) is 4.90 Å². The number of hydrogen-bond acceptors (Lipinski definition) is 4. The Morgan fingerprint density at radius 2 is 1.56 bits per heavy atom. The second-order valence-electron chi connectivity index (χ2n) is 7.81. The van der Waals surface area contributed by atoms with Crippen LogP contribution in [0, 0.1) is 19.8 Å². The summed E-state index contributed by atoms with van der Waals surface area (Å²) in [6.07, 6.45) is 1.03. The van der Waals surface area contributed by atoms with Crippen LogP contribution in [-0.4, -0.2) is 41.0 Å². The molecule has 3 atom stereocenters. The molecule has 138 valence electrons. The Morgan fingerprint density at radius 3 is 2.30 bits per heavy atom. The van der Waals surface area contributed by atoms with Crippen molar-refractivity contribution < 1.29 is 9.59 Å². The summed E-state index contributed by atoms with van der Waals surface area (Å²) >= 11 is 0. The average molecular weight is 361 g/mol. The molecule has 0 spiro atoms. The Labute approximate surface area is 159 Å². The van der Waals surface area contributed by atoms with Crippen LogP contribution in [0.5, 0.6) is 0 Å². The van der Waals surface area contributed by atoms with E-state index in [1.807, 2.05) is 50.2 Å². The van der Waals surface area contributed by atoms with Gasteiger partial charge in [0.1, 0.15) is 6.04 Å². The van der Waals surface area contributed by atoms with E-state index in [0.29, 0.717) is 0 Å². The normalized spacial score (nSPS) is 28.1. The summed E-state index contributed by atoms with van der Waals surface area (Å²) in [5.74, 6) is -0.494. The van der Waals surface area contributed by atoms with Crippen molar-refractivity contribution >= 4 is 17.5 Å². The summed E-state index contributed by atoms with van der Waals surface area (Å²) in [6, 6.07) is 15.6. The number of amides is 2. The van der Waals surface area contributed by atoms with E-state index >= 15 is 0 Å². The molecule has 0 aromatic heterocycles. The van der Waals surface area contributed by atoms with E-state index in [9.17, 15) is 9.59 Å². The molecule has 0 unspecified atom stereocenters. The van der Waals surface area contributed by atoms with Gasteiger partial charge in [0.05, 0.1) is 17.6 Å². The predicted octanol–water partition coefficient (Wildman–Crippen LogP) is 2.84. The average Bonchev–Trinajstić information content (AvgIpc) is 3.31. The number of fused-ring (bicyclic) bond motifs is 3. The van der Waals surface area contributed by atoms with E-state index in [0.717, 1.165) is 41.9 Å². The van der Waals surface area contributed by atoms with Gasteiger partial charge < -0.3 is 0 Å². The maximum Gasteiger partial charge on any atom is 0.253 e. The molecule has 5 nitrogen and oxygen atoms in total. The van der Waals surface area contributed by atoms with Gasteiger partial charge in [-0.3, -0.25) is 9.59 Å². The zero-order valence-corrected chi connectivity index (χ0v) is 15.6. The van der Waals surface area contributed by atoms with Crippen LogP contribution in [0.1, 0.15) is 29.2 Å². The molecule has 3 fully saturated rings. The Bertz CT molecular complexity index is 926. The van der Waals surface area contributed by atoms with Crippen LogP contribution in [0.25, 0.3) is 0 Å². The van der Waals surface area contributed by atoms with Gasteiger partial charge in [-0.1, -0.05) is 42.5 Å². The molecule has 0 bridgehead atoms. The van der Waals surface area contributed by atoms with E-state index < -0.39 is 0 Å². The third-order valence-corrected chi connectivity index (χ3v) is 6.15. The molecule has 0 radical (unpaired) electrons. The molecule has 3 aliphatic rings. The number of hydrazine groups is 1. The first kappa shape index (κ1) is 16.7. The van der Waals surface area contributed by atoms with E-state index in [1.54, 1.807) is 0 Å². The Kier molecular flexibility index (Phi) is 3.71. The van der Waals surface area contributed by atoms with Crippen LogP contribution in [0.4, 0.5) is 5.69 Å². The molecule has 0 saturated carbocycles. The van der Waals surface area contributed by atoms with Crippen molar-refractivity contribution in [2.24, 2.45) is 5.92 Å². The number of nitrogens with zero attached hydrogens (tertiary/aromatic N) is 3. The van der Waals surface area contributed by atoms with Gasteiger partial charge in [-0.05, 0) is 43.0 Å². The fourth-order valence-electron chi connectivity index (χ4n) is 4.96. The first-order valence-corrected chi connectivity index (χ1v) is 9.61. The molecule has 3 heterocycles. The summed E-state index contributed by atoms with van der Waals surface area (Å²) in [7, 11) is 0. The maximum absolute atomic E-state index is 13.5. The second kappa shape index (κ2) is 6.01. The lowest BCUT2D eigenvalue weighted by Crippen LogP contribution is -2.44. The van der Waals surface area contributed by atoms with Crippen molar-refractivity contribution in [2.75, 3.05) is 18.0 Å². The van der Waals surface area contributed by atoms with E-state index in [2.05, 4.69) is 22.2 Å². The summed E-state index contributed by atoms with van der Waals surface area (Å²) in [5.41, 5.74) is 3.85. The van der Waals surface area contributed by atoms with E-state index in [-0.39, 0.29) is 29.8 Å². The molecular formula is C22H23N3O2. The number of rotatable bonds is 2. The Hall–Kier alpha value is -2.50. The highest BCUT2D eigenvalue weighted by Gasteiger charge is 2.62. The molecule has 5 heteroatoms. The van der Waals surface area contributed by atoms with Gasteiger partial charge in [0.25, 0.3) is 5.91 Å². The topological polar surface area (TPSA) is 43.9 Å². The molecule has 0 aliphatic carbocycles.